The normalized spacial score (nSPS) is 9.92. The first-order chi connectivity index (χ1) is 11.5. The van der Waals surface area contributed by atoms with Crippen molar-refractivity contribution in [1.29, 1.82) is 0 Å². The molecule has 2 N–H and O–H groups in total. The van der Waals surface area contributed by atoms with Crippen LogP contribution >= 0.6 is 24.4 Å². The smallest absolute Gasteiger partial charge is 0.425 e. The Morgan fingerprint density at radius 3 is 1.40 bits per heavy atom. The van der Waals surface area contributed by atoms with Crippen LogP contribution in [-0.4, -0.2) is 28.3 Å². The third-order valence-corrected chi connectivity index (χ3v) is 3.94. The van der Waals surface area contributed by atoms with Crippen LogP contribution in [0.2, 0.25) is 0 Å². The summed E-state index contributed by atoms with van der Waals surface area (Å²) in [6, 6.07) is 15.5. The van der Waals surface area contributed by atoms with E-state index in [1.54, 1.807) is 0 Å². The summed E-state index contributed by atoms with van der Waals surface area (Å²) in [6.45, 7) is 0. The number of fused-ring (bicyclic) bond motifs is 2. The number of benzene rings is 2. The van der Waals surface area contributed by atoms with Gasteiger partial charge in [0.2, 0.25) is 0 Å². The Hall–Kier alpha value is -1.38. The molecule has 0 saturated heterocycles. The minimum Gasteiger partial charge on any atom is -0.425 e. The molecule has 0 aliphatic heterocycles. The van der Waals surface area contributed by atoms with E-state index in [1.807, 2.05) is 48.5 Å². The summed E-state index contributed by atoms with van der Waals surface area (Å²) in [5.74, 6) is 1.22. The predicted molar refractivity (Wildman–Crippen MR) is 110 cm³/mol. The Labute approximate surface area is 178 Å². The zero-order valence-corrected chi connectivity index (χ0v) is 19.1. The molecule has 2 heterocycles. The number of hydrogen-bond donors (Lipinski definition) is 2. The molecule has 25 heavy (non-hydrogen) atoms. The van der Waals surface area contributed by atoms with Gasteiger partial charge in [0, 0.05) is 0 Å². The number of aromatic amines is 2. The number of hydrogen-bond acceptors (Lipinski definition) is 6. The van der Waals surface area contributed by atoms with Gasteiger partial charge >= 0.3 is 19.5 Å². The van der Waals surface area contributed by atoms with Crippen LogP contribution in [0.3, 0.4) is 0 Å². The molecule has 2 aromatic carbocycles. The van der Waals surface area contributed by atoms with E-state index in [9.17, 15) is 0 Å². The number of H-pyrrole nitrogens is 2. The summed E-state index contributed by atoms with van der Waals surface area (Å²) in [6.07, 6.45) is 0. The number of aromatic nitrogens is 4. The largest absolute Gasteiger partial charge is 2.00 e. The van der Waals surface area contributed by atoms with Crippen molar-refractivity contribution in [3.8, 4) is 0 Å². The quantitative estimate of drug-likeness (QED) is 0.276. The molecular formula is C16H10N4S4Zn. The van der Waals surface area contributed by atoms with E-state index in [0.29, 0.717) is 20.0 Å². The summed E-state index contributed by atoms with van der Waals surface area (Å²) in [5.41, 5.74) is 3.75. The van der Waals surface area contributed by atoms with Gasteiger partial charge in [-0.3, -0.25) is 0 Å². The Morgan fingerprint density at radius 1 is 0.720 bits per heavy atom. The van der Waals surface area contributed by atoms with Crippen LogP contribution in [0.15, 0.2) is 48.5 Å². The minimum absolute atomic E-state index is 0. The Balaban J connectivity index is 0.000000173. The zero-order chi connectivity index (χ0) is 17.1. The van der Waals surface area contributed by atoms with E-state index in [0.717, 1.165) is 22.1 Å². The van der Waals surface area contributed by atoms with Crippen molar-refractivity contribution in [1.82, 2.24) is 19.9 Å². The number of imidazole rings is 2. The standard InChI is InChI=1S/2C8H6N2S2.Zn/c2*11-8(12)7-9-5-3-1-2-4-6(5)10-7;/h2*1-4H,(H,9,10)(H,11,12);/q;;+2/p-2. The number of thiocarbonyl (C=S) groups is 2. The third-order valence-electron chi connectivity index (χ3n) is 3.17. The van der Waals surface area contributed by atoms with Crippen molar-refractivity contribution in [3.05, 3.63) is 60.2 Å². The van der Waals surface area contributed by atoms with Gasteiger partial charge in [-0.25, -0.2) is 9.97 Å². The topological polar surface area (TPSA) is 57.4 Å². The predicted octanol–water partition coefficient (Wildman–Crippen LogP) is 3.57. The van der Waals surface area contributed by atoms with Gasteiger partial charge in [0.05, 0.1) is 22.1 Å². The minimum atomic E-state index is 0. The summed E-state index contributed by atoms with van der Waals surface area (Å²) in [7, 11) is 0. The van der Waals surface area contributed by atoms with Crippen LogP contribution in [0.4, 0.5) is 0 Å². The van der Waals surface area contributed by atoms with E-state index < -0.39 is 0 Å². The molecule has 4 aromatic rings. The van der Waals surface area contributed by atoms with E-state index in [-0.39, 0.29) is 19.5 Å². The van der Waals surface area contributed by atoms with E-state index in [2.05, 4.69) is 19.9 Å². The monoisotopic (exact) mass is 450 g/mol. The van der Waals surface area contributed by atoms with Gasteiger partial charge in [-0.05, 0) is 24.3 Å². The van der Waals surface area contributed by atoms with Crippen molar-refractivity contribution >= 4 is 80.2 Å². The maximum Gasteiger partial charge on any atom is 2.00 e. The molecule has 0 fully saturated rings. The third kappa shape index (κ3) is 4.83. The maximum absolute atomic E-state index is 4.82. The van der Waals surface area contributed by atoms with Gasteiger partial charge < -0.3 is 59.7 Å². The van der Waals surface area contributed by atoms with Gasteiger partial charge in [0.1, 0.15) is 11.6 Å². The van der Waals surface area contributed by atoms with Gasteiger partial charge in [-0.1, -0.05) is 32.7 Å². The van der Waals surface area contributed by atoms with Crippen LogP contribution in [-0.2, 0) is 44.7 Å². The van der Waals surface area contributed by atoms with E-state index in [4.69, 9.17) is 49.7 Å². The molecule has 9 heteroatoms. The molecule has 0 aliphatic rings. The second-order valence-electron chi connectivity index (χ2n) is 4.78. The van der Waals surface area contributed by atoms with Crippen LogP contribution in [0.5, 0.6) is 0 Å². The second kappa shape index (κ2) is 8.82. The average molecular weight is 452 g/mol. The number of nitrogens with one attached hydrogen (secondary N) is 2. The molecule has 4 nitrogen and oxygen atoms in total. The van der Waals surface area contributed by atoms with Crippen LogP contribution in [0.1, 0.15) is 11.6 Å². The summed E-state index contributed by atoms with van der Waals surface area (Å²) >= 11 is 19.3. The molecule has 120 valence electrons. The van der Waals surface area contributed by atoms with Crippen molar-refractivity contribution in [3.63, 3.8) is 0 Å². The van der Waals surface area contributed by atoms with Crippen molar-refractivity contribution in [2.24, 2.45) is 0 Å². The fourth-order valence-corrected chi connectivity index (χ4v) is 2.49. The van der Waals surface area contributed by atoms with Gasteiger partial charge in [0.25, 0.3) is 0 Å². The number of para-hydroxylation sites is 4. The van der Waals surface area contributed by atoms with Gasteiger partial charge in [-0.2, -0.15) is 0 Å². The summed E-state index contributed by atoms with van der Waals surface area (Å²) in [5, 5.41) is 0. The first kappa shape index (κ1) is 19.9. The molecule has 0 amide bonds. The van der Waals surface area contributed by atoms with Gasteiger partial charge in [0.15, 0.2) is 0 Å². The fourth-order valence-electron chi connectivity index (χ4n) is 2.10. The molecule has 2 aromatic heterocycles. The SMILES string of the molecule is S=C([S-])c1nc2ccccc2[nH]1.S=C([S-])c1nc2ccccc2[nH]1.[Zn+2]. The molecule has 4 rings (SSSR count). The molecule has 0 radical (unpaired) electrons. The fraction of sp³-hybridized carbons (Fsp3) is 0. The second-order valence-corrected chi connectivity index (χ2v) is 6.93. The molecule has 0 saturated carbocycles. The van der Waals surface area contributed by atoms with Crippen molar-refractivity contribution in [2.75, 3.05) is 0 Å². The zero-order valence-electron chi connectivity index (χ0n) is 12.9. The maximum atomic E-state index is 4.82. The Bertz CT molecular complexity index is 891. The molecule has 0 bridgehead atoms. The molecule has 0 spiro atoms. The van der Waals surface area contributed by atoms with Crippen molar-refractivity contribution in [2.45, 2.75) is 0 Å². The summed E-state index contributed by atoms with van der Waals surface area (Å²) in [4.78, 5) is 14.5. The molecule has 0 atom stereocenters. The van der Waals surface area contributed by atoms with Crippen LogP contribution in [0, 0.1) is 0 Å². The first-order valence-electron chi connectivity index (χ1n) is 6.87. The summed E-state index contributed by atoms with van der Waals surface area (Å²) < 4.78 is 0.761. The number of rotatable bonds is 2. The van der Waals surface area contributed by atoms with Crippen LogP contribution < -0.4 is 0 Å². The first-order valence-corrected chi connectivity index (χ1v) is 8.50. The molecule has 0 unspecified atom stereocenters. The van der Waals surface area contributed by atoms with E-state index >= 15 is 0 Å². The van der Waals surface area contributed by atoms with Crippen LogP contribution in [0.25, 0.3) is 22.1 Å². The number of nitrogens with zero attached hydrogens (tertiary/aromatic N) is 2. The Kier molecular flexibility index (Phi) is 7.04. The molecular weight excluding hydrogens is 442 g/mol. The molecule has 0 aliphatic carbocycles. The van der Waals surface area contributed by atoms with Gasteiger partial charge in [-0.15, -0.1) is 0 Å². The Morgan fingerprint density at radius 2 is 1.08 bits per heavy atom. The van der Waals surface area contributed by atoms with Crippen molar-refractivity contribution < 1.29 is 19.5 Å². The average Bonchev–Trinajstić information content (AvgIpc) is 3.19. The van der Waals surface area contributed by atoms with E-state index in [1.165, 1.54) is 0 Å².